The molecule has 1 aromatic rings. The van der Waals surface area contributed by atoms with Crippen molar-refractivity contribution in [1.29, 1.82) is 0 Å². The number of halogens is 3. The second-order valence-corrected chi connectivity index (χ2v) is 5.23. The second-order valence-electron chi connectivity index (χ2n) is 4.01. The number of anilines is 1. The van der Waals surface area contributed by atoms with Gasteiger partial charge in [0.1, 0.15) is 5.82 Å². The molecule has 17 heavy (non-hydrogen) atoms. The van der Waals surface area contributed by atoms with Gasteiger partial charge in [0.15, 0.2) is 0 Å². The zero-order valence-electron chi connectivity index (χ0n) is 8.79. The van der Waals surface area contributed by atoms with E-state index in [0.29, 0.717) is 10.7 Å². The lowest BCUT2D eigenvalue weighted by molar-refractivity contribution is -0.138. The van der Waals surface area contributed by atoms with Crippen molar-refractivity contribution >= 4 is 17.6 Å². The van der Waals surface area contributed by atoms with Crippen LogP contribution in [0.4, 0.5) is 19.0 Å². The molecular weight excluding hydrogens is 251 g/mol. The zero-order valence-corrected chi connectivity index (χ0v) is 9.61. The normalized spacial score (nSPS) is 23.5. The molecule has 0 bridgehead atoms. The summed E-state index contributed by atoms with van der Waals surface area (Å²) in [7, 11) is 0. The van der Waals surface area contributed by atoms with Crippen molar-refractivity contribution in [3.63, 3.8) is 0 Å². The smallest absolute Gasteiger partial charge is 0.341 e. The predicted octanol–water partition coefficient (Wildman–Crippen LogP) is 1.94. The number of piperazine rings is 1. The molecule has 1 N–H and O–H groups in total. The predicted molar refractivity (Wildman–Crippen MR) is 59.1 cm³/mol. The van der Waals surface area contributed by atoms with Crippen LogP contribution in [0.25, 0.3) is 0 Å². The molecule has 2 aliphatic rings. The highest BCUT2D eigenvalue weighted by Crippen LogP contribution is 2.44. The first-order chi connectivity index (χ1) is 8.05. The van der Waals surface area contributed by atoms with Crippen LogP contribution in [-0.4, -0.2) is 30.0 Å². The summed E-state index contributed by atoms with van der Waals surface area (Å²) in [6.45, 7) is 2.42. The summed E-state index contributed by atoms with van der Waals surface area (Å²) in [5, 5.41) is 3.40. The Morgan fingerprint density at radius 2 is 2.29 bits per heavy atom. The molecule has 92 valence electrons. The molecule has 3 heterocycles. The number of nitrogens with zero attached hydrogens (tertiary/aromatic N) is 2. The van der Waals surface area contributed by atoms with Crippen molar-refractivity contribution in [2.45, 2.75) is 16.4 Å². The molecule has 1 saturated heterocycles. The van der Waals surface area contributed by atoms with Gasteiger partial charge in [-0.25, -0.2) is 4.98 Å². The topological polar surface area (TPSA) is 28.2 Å². The monoisotopic (exact) mass is 261 g/mol. The van der Waals surface area contributed by atoms with Crippen molar-refractivity contribution in [2.24, 2.45) is 0 Å². The summed E-state index contributed by atoms with van der Waals surface area (Å²) >= 11 is 1.45. The number of nitrogens with one attached hydrogen (secondary N) is 1. The Labute approximate surface area is 100 Å². The molecule has 1 fully saturated rings. The molecule has 7 heteroatoms. The lowest BCUT2D eigenvalue weighted by Gasteiger charge is -2.30. The van der Waals surface area contributed by atoms with Crippen LogP contribution in [0, 0.1) is 0 Å². The van der Waals surface area contributed by atoms with Crippen LogP contribution in [0.1, 0.15) is 5.56 Å². The van der Waals surface area contributed by atoms with E-state index >= 15 is 0 Å². The first-order valence-corrected chi connectivity index (χ1v) is 6.15. The maximum Gasteiger partial charge on any atom is 0.417 e. The lowest BCUT2D eigenvalue weighted by atomic mass is 10.2. The Morgan fingerprint density at radius 1 is 1.47 bits per heavy atom. The number of hydrogen-bond acceptors (Lipinski definition) is 4. The van der Waals surface area contributed by atoms with E-state index in [1.54, 1.807) is 0 Å². The molecule has 0 radical (unpaired) electrons. The summed E-state index contributed by atoms with van der Waals surface area (Å²) in [4.78, 5) is 6.67. The summed E-state index contributed by atoms with van der Waals surface area (Å²) < 4.78 is 37.7. The molecule has 0 unspecified atom stereocenters. The van der Waals surface area contributed by atoms with Crippen molar-refractivity contribution < 1.29 is 13.2 Å². The van der Waals surface area contributed by atoms with Crippen LogP contribution >= 0.6 is 11.8 Å². The average Bonchev–Trinajstić information content (AvgIpc) is 2.65. The standard InChI is InChI=1S/C10H10F3N3S/c11-10(12,13)6-3-7-9(15-4-6)16-2-1-14-5-8(16)17-7/h3-4,8,14H,1-2,5H2/t8-/m1/s1. The van der Waals surface area contributed by atoms with Crippen LogP contribution in [0.5, 0.6) is 0 Å². The van der Waals surface area contributed by atoms with E-state index in [1.807, 2.05) is 0 Å². The number of hydrogen-bond donors (Lipinski definition) is 1. The summed E-state index contributed by atoms with van der Waals surface area (Å²) in [5.41, 5.74) is -0.670. The molecule has 1 aromatic heterocycles. The van der Waals surface area contributed by atoms with Crippen LogP contribution in [0.3, 0.4) is 0 Å². The Kier molecular flexibility index (Phi) is 2.48. The van der Waals surface area contributed by atoms with Gasteiger partial charge in [-0.1, -0.05) is 11.8 Å². The summed E-state index contributed by atoms with van der Waals surface area (Å²) in [5.74, 6) is 0.689. The molecule has 0 saturated carbocycles. The van der Waals surface area contributed by atoms with Gasteiger partial charge in [0, 0.05) is 25.8 Å². The molecule has 0 aromatic carbocycles. The largest absolute Gasteiger partial charge is 0.417 e. The minimum Gasteiger partial charge on any atom is -0.341 e. The van der Waals surface area contributed by atoms with Crippen LogP contribution in [0.15, 0.2) is 17.2 Å². The van der Waals surface area contributed by atoms with Crippen molar-refractivity contribution in [3.05, 3.63) is 17.8 Å². The van der Waals surface area contributed by atoms with E-state index in [0.717, 1.165) is 25.8 Å². The van der Waals surface area contributed by atoms with Gasteiger partial charge < -0.3 is 10.2 Å². The molecule has 3 rings (SSSR count). The SMILES string of the molecule is FC(F)(F)c1cnc2c(c1)S[C@@H]1CNCCN21. The summed E-state index contributed by atoms with van der Waals surface area (Å²) in [6, 6.07) is 1.20. The van der Waals surface area contributed by atoms with Gasteiger partial charge in [0.25, 0.3) is 0 Å². The number of pyridine rings is 1. The number of fused-ring (bicyclic) bond motifs is 3. The molecular formula is C10H10F3N3S. The lowest BCUT2D eigenvalue weighted by Crippen LogP contribution is -2.47. The number of thioether (sulfide) groups is 1. The Balaban J connectivity index is 1.97. The Hall–Kier alpha value is -0.950. The number of alkyl halides is 3. The Bertz CT molecular complexity index is 449. The highest BCUT2D eigenvalue weighted by Gasteiger charge is 2.37. The van der Waals surface area contributed by atoms with Crippen LogP contribution in [-0.2, 0) is 6.18 Å². The van der Waals surface area contributed by atoms with Gasteiger partial charge in [-0.05, 0) is 6.07 Å². The van der Waals surface area contributed by atoms with Gasteiger partial charge in [0.05, 0.1) is 15.8 Å². The fourth-order valence-corrected chi connectivity index (χ4v) is 3.37. The van der Waals surface area contributed by atoms with E-state index in [9.17, 15) is 13.2 Å². The first kappa shape index (κ1) is 11.2. The van der Waals surface area contributed by atoms with Crippen LogP contribution < -0.4 is 10.2 Å². The third kappa shape index (κ3) is 1.87. The quantitative estimate of drug-likeness (QED) is 0.772. The maximum atomic E-state index is 12.6. The maximum absolute atomic E-state index is 12.6. The van der Waals surface area contributed by atoms with Crippen molar-refractivity contribution in [2.75, 3.05) is 24.5 Å². The average molecular weight is 261 g/mol. The molecule has 0 aliphatic carbocycles. The highest BCUT2D eigenvalue weighted by molar-refractivity contribution is 8.00. The highest BCUT2D eigenvalue weighted by atomic mass is 32.2. The van der Waals surface area contributed by atoms with Gasteiger partial charge in [-0.15, -0.1) is 0 Å². The van der Waals surface area contributed by atoms with Gasteiger partial charge in [0.2, 0.25) is 0 Å². The number of aromatic nitrogens is 1. The molecule has 0 amide bonds. The minimum absolute atomic E-state index is 0.176. The van der Waals surface area contributed by atoms with Gasteiger partial charge in [-0.2, -0.15) is 13.2 Å². The van der Waals surface area contributed by atoms with Crippen molar-refractivity contribution in [3.8, 4) is 0 Å². The molecule has 2 aliphatic heterocycles. The minimum atomic E-state index is -4.32. The van der Waals surface area contributed by atoms with Crippen molar-refractivity contribution in [1.82, 2.24) is 10.3 Å². The van der Waals surface area contributed by atoms with Gasteiger partial charge >= 0.3 is 6.18 Å². The Morgan fingerprint density at radius 3 is 3.06 bits per heavy atom. The third-order valence-electron chi connectivity index (χ3n) is 2.89. The van der Waals surface area contributed by atoms with E-state index in [1.165, 1.54) is 17.8 Å². The number of rotatable bonds is 0. The third-order valence-corrected chi connectivity index (χ3v) is 4.14. The van der Waals surface area contributed by atoms with E-state index in [-0.39, 0.29) is 5.37 Å². The fourth-order valence-electron chi connectivity index (χ4n) is 2.07. The first-order valence-electron chi connectivity index (χ1n) is 5.27. The van der Waals surface area contributed by atoms with E-state index in [4.69, 9.17) is 0 Å². The van der Waals surface area contributed by atoms with Crippen LogP contribution in [0.2, 0.25) is 0 Å². The van der Waals surface area contributed by atoms with E-state index in [2.05, 4.69) is 15.2 Å². The second kappa shape index (κ2) is 3.78. The zero-order chi connectivity index (χ0) is 12.0. The fraction of sp³-hybridized carbons (Fsp3) is 0.500. The van der Waals surface area contributed by atoms with Gasteiger partial charge in [-0.3, -0.25) is 0 Å². The molecule has 1 atom stereocenters. The summed E-state index contributed by atoms with van der Waals surface area (Å²) in [6.07, 6.45) is -3.40. The van der Waals surface area contributed by atoms with E-state index < -0.39 is 11.7 Å². The molecule has 3 nitrogen and oxygen atoms in total. The molecule has 0 spiro atoms.